The number of ether oxygens (including phenoxy) is 1. The highest BCUT2D eigenvalue weighted by Gasteiger charge is 2.39. The van der Waals surface area contributed by atoms with Gasteiger partial charge in [0.05, 0.1) is 12.6 Å². The van der Waals surface area contributed by atoms with Gasteiger partial charge in [-0.25, -0.2) is 0 Å². The molecule has 1 heterocycles. The molecule has 2 aromatic carbocycles. The minimum absolute atomic E-state index is 0.270. The topological polar surface area (TPSA) is 33.6 Å². The van der Waals surface area contributed by atoms with E-state index in [2.05, 4.69) is 59.9 Å². The Kier molecular flexibility index (Phi) is 6.46. The Bertz CT molecular complexity index is 825. The first-order chi connectivity index (χ1) is 14.3. The average Bonchev–Trinajstić information content (AvgIpc) is 3.45. The molecule has 2 aliphatic rings. The van der Waals surface area contributed by atoms with Gasteiger partial charge in [-0.1, -0.05) is 67.4 Å². The van der Waals surface area contributed by atoms with Crippen LogP contribution in [0.5, 0.6) is 5.75 Å². The van der Waals surface area contributed by atoms with Crippen LogP contribution in [0.2, 0.25) is 0 Å². The third-order valence-corrected chi connectivity index (χ3v) is 6.48. The Hall–Kier alpha value is -2.39. The van der Waals surface area contributed by atoms with E-state index >= 15 is 0 Å². The third kappa shape index (κ3) is 4.62. The number of hydrogen-bond donors (Lipinski definition) is 1. The monoisotopic (exact) mass is 388 g/mol. The first-order valence-corrected chi connectivity index (χ1v) is 10.9. The van der Waals surface area contributed by atoms with Crippen LogP contribution in [0.1, 0.15) is 49.1 Å². The van der Waals surface area contributed by atoms with Gasteiger partial charge in [0.1, 0.15) is 5.75 Å². The lowest BCUT2D eigenvalue weighted by atomic mass is 9.74. The van der Waals surface area contributed by atoms with Gasteiger partial charge in [0.15, 0.2) is 0 Å². The number of para-hydroxylation sites is 1. The van der Waals surface area contributed by atoms with Crippen molar-refractivity contribution in [2.24, 2.45) is 4.99 Å². The van der Waals surface area contributed by atoms with Crippen LogP contribution in [0, 0.1) is 0 Å². The zero-order chi connectivity index (χ0) is 19.9. The van der Waals surface area contributed by atoms with Crippen molar-refractivity contribution >= 4 is 6.21 Å². The van der Waals surface area contributed by atoms with E-state index in [4.69, 9.17) is 9.73 Å². The number of hydrogen-bond acceptors (Lipinski definition) is 3. The van der Waals surface area contributed by atoms with E-state index in [-0.39, 0.29) is 5.54 Å². The lowest BCUT2D eigenvalue weighted by molar-refractivity contribution is 0.373. The lowest BCUT2D eigenvalue weighted by Crippen LogP contribution is -2.37. The maximum atomic E-state index is 5.65. The van der Waals surface area contributed by atoms with Gasteiger partial charge in [0.25, 0.3) is 0 Å². The summed E-state index contributed by atoms with van der Waals surface area (Å²) in [4.78, 5) is 5.05. The first-order valence-electron chi connectivity index (χ1n) is 10.9. The first kappa shape index (κ1) is 19.9. The van der Waals surface area contributed by atoms with Crippen LogP contribution in [0.25, 0.3) is 0 Å². The second-order valence-corrected chi connectivity index (χ2v) is 8.30. The average molecular weight is 389 g/mol. The fourth-order valence-corrected chi connectivity index (χ4v) is 4.97. The smallest absolute Gasteiger partial charge is 0.122 e. The summed E-state index contributed by atoms with van der Waals surface area (Å²) in [6, 6.07) is 19.9. The Morgan fingerprint density at radius 1 is 1.07 bits per heavy atom. The van der Waals surface area contributed by atoms with Crippen molar-refractivity contribution in [1.82, 2.24) is 5.32 Å². The summed E-state index contributed by atoms with van der Waals surface area (Å²) in [5, 5.41) is 3.81. The molecule has 3 heteroatoms. The minimum Gasteiger partial charge on any atom is -0.496 e. The highest BCUT2D eigenvalue weighted by Crippen LogP contribution is 2.41. The van der Waals surface area contributed by atoms with Crippen LogP contribution in [0.3, 0.4) is 0 Å². The maximum Gasteiger partial charge on any atom is 0.122 e. The van der Waals surface area contributed by atoms with E-state index in [9.17, 15) is 0 Å². The molecular formula is C26H32N2O. The molecule has 0 spiro atoms. The molecule has 2 aromatic rings. The minimum atomic E-state index is -0.270. The van der Waals surface area contributed by atoms with E-state index < -0.39 is 0 Å². The van der Waals surface area contributed by atoms with Crippen molar-refractivity contribution in [3.05, 3.63) is 77.9 Å². The molecule has 152 valence electrons. The molecule has 2 atom stereocenters. The zero-order valence-electron chi connectivity index (χ0n) is 17.4. The Labute approximate surface area is 174 Å². The number of allylic oxidation sites excluding steroid dienone is 1. The molecule has 3 nitrogen and oxygen atoms in total. The van der Waals surface area contributed by atoms with Gasteiger partial charge in [-0.2, -0.15) is 0 Å². The Balaban J connectivity index is 1.60. The quantitative estimate of drug-likeness (QED) is 0.630. The Morgan fingerprint density at radius 3 is 2.55 bits per heavy atom. The number of methoxy groups -OCH3 is 1. The molecular weight excluding hydrogens is 356 g/mol. The van der Waals surface area contributed by atoms with Gasteiger partial charge < -0.3 is 10.1 Å². The number of rotatable bonds is 9. The van der Waals surface area contributed by atoms with Gasteiger partial charge in [0, 0.05) is 24.6 Å². The van der Waals surface area contributed by atoms with Gasteiger partial charge in [-0.3, -0.25) is 4.99 Å². The SMILES string of the molecule is COc1ccccc1CC1(C(CCNC2CCCC2)c2ccccc2)C=CC=N1. The summed E-state index contributed by atoms with van der Waals surface area (Å²) in [5.74, 6) is 1.26. The highest BCUT2D eigenvalue weighted by molar-refractivity contribution is 5.76. The molecule has 0 saturated heterocycles. The summed E-state index contributed by atoms with van der Waals surface area (Å²) in [6.07, 6.45) is 13.7. The summed E-state index contributed by atoms with van der Waals surface area (Å²) >= 11 is 0. The van der Waals surface area contributed by atoms with Crippen LogP contribution in [-0.2, 0) is 6.42 Å². The number of nitrogens with zero attached hydrogens (tertiary/aromatic N) is 1. The third-order valence-electron chi connectivity index (χ3n) is 6.48. The van der Waals surface area contributed by atoms with Gasteiger partial charge in [0.2, 0.25) is 0 Å². The molecule has 1 N–H and O–H groups in total. The van der Waals surface area contributed by atoms with E-state index in [1.807, 2.05) is 18.3 Å². The molecule has 4 rings (SSSR count). The molecule has 29 heavy (non-hydrogen) atoms. The van der Waals surface area contributed by atoms with Gasteiger partial charge in [-0.15, -0.1) is 0 Å². The van der Waals surface area contributed by atoms with Gasteiger partial charge >= 0.3 is 0 Å². The molecule has 1 fully saturated rings. The van der Waals surface area contributed by atoms with Crippen molar-refractivity contribution in [3.8, 4) is 5.75 Å². The summed E-state index contributed by atoms with van der Waals surface area (Å²) in [6.45, 7) is 1.03. The van der Waals surface area contributed by atoms with Gasteiger partial charge in [-0.05, 0) is 49.1 Å². The molecule has 2 unspecified atom stereocenters. The number of nitrogens with one attached hydrogen (secondary N) is 1. The van der Waals surface area contributed by atoms with Crippen LogP contribution < -0.4 is 10.1 Å². The molecule has 1 aliphatic heterocycles. The molecule has 0 bridgehead atoms. The van der Waals surface area contributed by atoms with Crippen LogP contribution >= 0.6 is 0 Å². The lowest BCUT2D eigenvalue weighted by Gasteiger charge is -2.35. The van der Waals surface area contributed by atoms with E-state index in [1.165, 1.54) is 36.8 Å². The molecule has 1 aliphatic carbocycles. The van der Waals surface area contributed by atoms with E-state index in [0.717, 1.165) is 25.1 Å². The predicted molar refractivity (Wildman–Crippen MR) is 121 cm³/mol. The fourth-order valence-electron chi connectivity index (χ4n) is 4.97. The number of benzene rings is 2. The van der Waals surface area contributed by atoms with E-state index in [0.29, 0.717) is 12.0 Å². The van der Waals surface area contributed by atoms with Crippen molar-refractivity contribution in [3.63, 3.8) is 0 Å². The molecule has 0 amide bonds. The van der Waals surface area contributed by atoms with Crippen LogP contribution in [0.15, 0.2) is 71.7 Å². The van der Waals surface area contributed by atoms with Crippen LogP contribution in [0.4, 0.5) is 0 Å². The molecule has 0 radical (unpaired) electrons. The highest BCUT2D eigenvalue weighted by atomic mass is 16.5. The van der Waals surface area contributed by atoms with E-state index in [1.54, 1.807) is 7.11 Å². The molecule has 0 aromatic heterocycles. The van der Waals surface area contributed by atoms with Crippen LogP contribution in [-0.4, -0.2) is 31.4 Å². The van der Waals surface area contributed by atoms with Crippen molar-refractivity contribution in [1.29, 1.82) is 0 Å². The molecule has 1 saturated carbocycles. The summed E-state index contributed by atoms with van der Waals surface area (Å²) < 4.78 is 5.65. The second kappa shape index (κ2) is 9.41. The second-order valence-electron chi connectivity index (χ2n) is 8.30. The maximum absolute atomic E-state index is 5.65. The Morgan fingerprint density at radius 2 is 1.83 bits per heavy atom. The number of aliphatic imine (C=N–C) groups is 1. The van der Waals surface area contributed by atoms with Crippen molar-refractivity contribution in [2.75, 3.05) is 13.7 Å². The summed E-state index contributed by atoms with van der Waals surface area (Å²) in [7, 11) is 1.75. The fraction of sp³-hybridized carbons (Fsp3) is 0.423. The summed E-state index contributed by atoms with van der Waals surface area (Å²) in [5.41, 5.74) is 2.30. The largest absolute Gasteiger partial charge is 0.496 e. The van der Waals surface area contributed by atoms with Crippen molar-refractivity contribution in [2.45, 2.75) is 56.0 Å². The van der Waals surface area contributed by atoms with Crippen molar-refractivity contribution < 1.29 is 4.74 Å². The standard InChI is InChI=1S/C26H32N2O/c1-29-25-15-8-5-12-22(25)20-26(17-9-18-28-26)24(21-10-3-2-4-11-21)16-19-27-23-13-6-7-14-23/h2-5,8-12,15,17-18,23-24,27H,6-7,13-14,16,19-20H2,1H3. The normalized spacial score (nSPS) is 22.2. The zero-order valence-corrected chi connectivity index (χ0v) is 17.4. The predicted octanol–water partition coefficient (Wildman–Crippen LogP) is 5.32.